The molecule has 0 spiro atoms. The van der Waals surface area contributed by atoms with E-state index in [0.29, 0.717) is 43.1 Å². The molecule has 3 aromatic carbocycles. The number of carbonyl (C=O) groups excluding carboxylic acids is 1. The van der Waals surface area contributed by atoms with Crippen molar-refractivity contribution in [1.82, 2.24) is 20.1 Å². The molecule has 0 aliphatic carbocycles. The minimum atomic E-state index is -0.304. The van der Waals surface area contributed by atoms with Gasteiger partial charge in [0.2, 0.25) is 0 Å². The number of nitrogens with zero attached hydrogens (tertiary/aromatic N) is 3. The fourth-order valence-electron chi connectivity index (χ4n) is 3.26. The van der Waals surface area contributed by atoms with Crippen LogP contribution < -0.4 is 5.32 Å². The van der Waals surface area contributed by atoms with Crippen molar-refractivity contribution < 1.29 is 4.79 Å². The minimum Gasteiger partial charge on any atom is -0.345 e. The first kappa shape index (κ1) is 23.6. The van der Waals surface area contributed by atoms with E-state index in [9.17, 15) is 4.79 Å². The quantitative estimate of drug-likeness (QED) is 0.275. The molecular formula is C24H19Cl3N4OS. The molecule has 0 radical (unpaired) electrons. The second-order valence-corrected chi connectivity index (χ2v) is 9.46. The second-order valence-electron chi connectivity index (χ2n) is 7.27. The number of hydrogen-bond acceptors (Lipinski definition) is 4. The standard InChI is InChI=1S/C24H19Cl3N4OS/c1-15-5-4-6-16(11-15)14-33-24-30-29-22(31(24)21-12-17(25)9-10-20(21)27)13-28-23(32)18-7-2-3-8-19(18)26/h2-12H,13-14H2,1H3,(H,28,32). The van der Waals surface area contributed by atoms with Crippen molar-refractivity contribution in [1.29, 1.82) is 0 Å². The fourth-order valence-corrected chi connectivity index (χ4v) is 4.75. The average Bonchev–Trinajstić information content (AvgIpc) is 3.20. The van der Waals surface area contributed by atoms with Gasteiger partial charge in [-0.25, -0.2) is 0 Å². The van der Waals surface area contributed by atoms with E-state index in [1.54, 1.807) is 42.5 Å². The van der Waals surface area contributed by atoms with Gasteiger partial charge in [0, 0.05) is 10.8 Å². The van der Waals surface area contributed by atoms with Crippen LogP contribution in [0.2, 0.25) is 15.1 Å². The number of carbonyl (C=O) groups is 1. The van der Waals surface area contributed by atoms with Gasteiger partial charge in [0.05, 0.1) is 27.8 Å². The first-order chi connectivity index (χ1) is 15.9. The van der Waals surface area contributed by atoms with Gasteiger partial charge in [-0.2, -0.15) is 0 Å². The summed E-state index contributed by atoms with van der Waals surface area (Å²) in [6.45, 7) is 2.19. The lowest BCUT2D eigenvalue weighted by atomic mass is 10.2. The number of hydrogen-bond donors (Lipinski definition) is 1. The Labute approximate surface area is 211 Å². The highest BCUT2D eigenvalue weighted by Gasteiger charge is 2.19. The molecule has 1 amide bonds. The van der Waals surface area contributed by atoms with Crippen LogP contribution in [0.15, 0.2) is 71.9 Å². The van der Waals surface area contributed by atoms with Gasteiger partial charge in [-0.15, -0.1) is 10.2 Å². The summed E-state index contributed by atoms with van der Waals surface area (Å²) in [4.78, 5) is 12.7. The topological polar surface area (TPSA) is 59.8 Å². The molecule has 1 heterocycles. The van der Waals surface area contributed by atoms with E-state index < -0.39 is 0 Å². The Morgan fingerprint density at radius 2 is 1.79 bits per heavy atom. The van der Waals surface area contributed by atoms with Crippen LogP contribution in [-0.4, -0.2) is 20.7 Å². The van der Waals surface area contributed by atoms with Crippen LogP contribution in [0, 0.1) is 6.92 Å². The summed E-state index contributed by atoms with van der Waals surface area (Å²) in [5, 5.41) is 13.6. The lowest BCUT2D eigenvalue weighted by Gasteiger charge is -2.13. The molecule has 1 aromatic heterocycles. The SMILES string of the molecule is Cc1cccc(CSc2nnc(CNC(=O)c3ccccc3Cl)n2-c2cc(Cl)ccc2Cl)c1. The third-order valence-corrected chi connectivity index (χ3v) is 6.71. The van der Waals surface area contributed by atoms with Crippen LogP contribution in [0.3, 0.4) is 0 Å². The summed E-state index contributed by atoms with van der Waals surface area (Å²) < 4.78 is 1.82. The smallest absolute Gasteiger partial charge is 0.253 e. The Bertz CT molecular complexity index is 1310. The van der Waals surface area contributed by atoms with Gasteiger partial charge >= 0.3 is 0 Å². The Morgan fingerprint density at radius 3 is 2.58 bits per heavy atom. The van der Waals surface area contributed by atoms with Crippen LogP contribution in [0.4, 0.5) is 0 Å². The molecule has 0 atom stereocenters. The summed E-state index contributed by atoms with van der Waals surface area (Å²) in [6, 6.07) is 20.3. The summed E-state index contributed by atoms with van der Waals surface area (Å²) in [6.07, 6.45) is 0. The van der Waals surface area contributed by atoms with Gasteiger partial charge in [-0.3, -0.25) is 9.36 Å². The van der Waals surface area contributed by atoms with Crippen LogP contribution >= 0.6 is 46.6 Å². The highest BCUT2D eigenvalue weighted by atomic mass is 35.5. The van der Waals surface area contributed by atoms with Crippen molar-refractivity contribution in [3.05, 3.63) is 104 Å². The number of halogens is 3. The molecule has 4 rings (SSSR count). The molecule has 9 heteroatoms. The van der Waals surface area contributed by atoms with Crippen molar-refractivity contribution in [3.63, 3.8) is 0 Å². The summed E-state index contributed by atoms with van der Waals surface area (Å²) in [5.41, 5.74) is 3.39. The fraction of sp³-hybridized carbons (Fsp3) is 0.125. The highest BCUT2D eigenvalue weighted by molar-refractivity contribution is 7.98. The van der Waals surface area contributed by atoms with Crippen LogP contribution in [0.25, 0.3) is 5.69 Å². The Balaban J connectivity index is 1.63. The Morgan fingerprint density at radius 1 is 0.970 bits per heavy atom. The van der Waals surface area contributed by atoms with E-state index in [-0.39, 0.29) is 12.5 Å². The molecule has 168 valence electrons. The highest BCUT2D eigenvalue weighted by Crippen LogP contribution is 2.31. The largest absolute Gasteiger partial charge is 0.345 e. The minimum absolute atomic E-state index is 0.130. The van der Waals surface area contributed by atoms with E-state index in [1.165, 1.54) is 22.9 Å². The summed E-state index contributed by atoms with van der Waals surface area (Å²) in [5.74, 6) is 0.914. The maximum Gasteiger partial charge on any atom is 0.253 e. The number of rotatable bonds is 7. The monoisotopic (exact) mass is 516 g/mol. The van der Waals surface area contributed by atoms with Gasteiger partial charge < -0.3 is 5.32 Å². The lowest BCUT2D eigenvalue weighted by molar-refractivity contribution is 0.0950. The molecule has 4 aromatic rings. The molecule has 0 saturated heterocycles. The Hall–Kier alpha value is -2.51. The molecule has 5 nitrogen and oxygen atoms in total. The van der Waals surface area contributed by atoms with E-state index >= 15 is 0 Å². The van der Waals surface area contributed by atoms with Gasteiger partial charge in [0.1, 0.15) is 0 Å². The van der Waals surface area contributed by atoms with E-state index in [1.807, 2.05) is 10.6 Å². The van der Waals surface area contributed by atoms with Crippen molar-refractivity contribution in [2.24, 2.45) is 0 Å². The Kier molecular flexibility index (Phi) is 7.60. The normalized spacial score (nSPS) is 10.9. The van der Waals surface area contributed by atoms with Crippen molar-refractivity contribution in [2.45, 2.75) is 24.4 Å². The molecule has 0 fully saturated rings. The number of amides is 1. The summed E-state index contributed by atoms with van der Waals surface area (Å²) in [7, 11) is 0. The number of nitrogens with one attached hydrogen (secondary N) is 1. The van der Waals surface area contributed by atoms with Crippen LogP contribution in [-0.2, 0) is 12.3 Å². The first-order valence-electron chi connectivity index (χ1n) is 10.0. The number of thioether (sulfide) groups is 1. The van der Waals surface area contributed by atoms with Gasteiger partial charge in [0.25, 0.3) is 5.91 Å². The van der Waals surface area contributed by atoms with Gasteiger partial charge in [0.15, 0.2) is 11.0 Å². The predicted octanol–water partition coefficient (Wildman–Crippen LogP) is 6.76. The molecule has 33 heavy (non-hydrogen) atoms. The molecule has 1 N–H and O–H groups in total. The number of aryl methyl sites for hydroxylation is 1. The third kappa shape index (κ3) is 5.71. The van der Waals surface area contributed by atoms with Crippen molar-refractivity contribution in [3.8, 4) is 5.69 Å². The van der Waals surface area contributed by atoms with Crippen LogP contribution in [0.1, 0.15) is 27.3 Å². The second kappa shape index (κ2) is 10.6. The molecule has 0 unspecified atom stereocenters. The maximum atomic E-state index is 12.7. The zero-order valence-electron chi connectivity index (χ0n) is 17.6. The number of aromatic nitrogens is 3. The zero-order chi connectivity index (χ0) is 23.4. The molecule has 0 aliphatic rings. The molecule has 0 saturated carbocycles. The molecular weight excluding hydrogens is 499 g/mol. The number of benzene rings is 3. The first-order valence-corrected chi connectivity index (χ1v) is 12.1. The van der Waals surface area contributed by atoms with Crippen molar-refractivity contribution in [2.75, 3.05) is 0 Å². The molecule has 0 bridgehead atoms. The zero-order valence-corrected chi connectivity index (χ0v) is 20.6. The third-order valence-electron chi connectivity index (χ3n) is 4.83. The lowest BCUT2D eigenvalue weighted by Crippen LogP contribution is -2.25. The van der Waals surface area contributed by atoms with E-state index in [0.717, 1.165) is 0 Å². The van der Waals surface area contributed by atoms with Crippen LogP contribution in [0.5, 0.6) is 0 Å². The van der Waals surface area contributed by atoms with E-state index in [4.69, 9.17) is 34.8 Å². The van der Waals surface area contributed by atoms with Gasteiger partial charge in [-0.1, -0.05) is 88.5 Å². The van der Waals surface area contributed by atoms with Gasteiger partial charge in [-0.05, 0) is 42.8 Å². The predicted molar refractivity (Wildman–Crippen MR) is 135 cm³/mol. The van der Waals surface area contributed by atoms with Crippen molar-refractivity contribution >= 4 is 52.5 Å². The average molecular weight is 518 g/mol. The summed E-state index contributed by atoms with van der Waals surface area (Å²) >= 11 is 20.4. The maximum absolute atomic E-state index is 12.7. The molecule has 0 aliphatic heterocycles. The van der Waals surface area contributed by atoms with E-state index in [2.05, 4.69) is 40.6 Å².